The van der Waals surface area contributed by atoms with Crippen molar-refractivity contribution in [2.45, 2.75) is 33.6 Å². The van der Waals surface area contributed by atoms with Crippen LogP contribution < -0.4 is 15.0 Å². The van der Waals surface area contributed by atoms with Gasteiger partial charge in [0.2, 0.25) is 5.91 Å². The summed E-state index contributed by atoms with van der Waals surface area (Å²) >= 11 is 0. The number of aryl methyl sites for hydroxylation is 1. The van der Waals surface area contributed by atoms with E-state index in [0.29, 0.717) is 31.8 Å². The van der Waals surface area contributed by atoms with Crippen molar-refractivity contribution < 1.29 is 14.3 Å². The minimum atomic E-state index is -0.0549. The first-order valence-corrected chi connectivity index (χ1v) is 7.78. The Balaban J connectivity index is 1.91. The molecule has 0 unspecified atom stereocenters. The van der Waals surface area contributed by atoms with Gasteiger partial charge in [-0.3, -0.25) is 9.59 Å². The van der Waals surface area contributed by atoms with Gasteiger partial charge in [0.05, 0.1) is 5.69 Å². The van der Waals surface area contributed by atoms with Crippen molar-refractivity contribution in [3.63, 3.8) is 0 Å². The van der Waals surface area contributed by atoms with E-state index in [1.54, 1.807) is 4.90 Å². The Labute approximate surface area is 131 Å². The molecule has 2 rings (SSSR count). The Morgan fingerprint density at radius 2 is 2.18 bits per heavy atom. The van der Waals surface area contributed by atoms with Gasteiger partial charge < -0.3 is 15.0 Å². The second-order valence-electron chi connectivity index (χ2n) is 6.11. The minimum absolute atomic E-state index is 0.0406. The molecule has 2 amide bonds. The zero-order valence-electron chi connectivity index (χ0n) is 13.5. The van der Waals surface area contributed by atoms with Crippen LogP contribution in [0.1, 0.15) is 32.3 Å². The number of amides is 2. The highest BCUT2D eigenvalue weighted by Crippen LogP contribution is 2.32. The van der Waals surface area contributed by atoms with Gasteiger partial charge in [0, 0.05) is 19.5 Å². The number of nitrogens with zero attached hydrogens (tertiary/aromatic N) is 1. The fourth-order valence-electron chi connectivity index (χ4n) is 2.36. The van der Waals surface area contributed by atoms with E-state index >= 15 is 0 Å². The molecule has 5 nitrogen and oxygen atoms in total. The number of rotatable bonds is 6. The molecule has 0 fully saturated rings. The van der Waals surface area contributed by atoms with Crippen LogP contribution in [0.3, 0.4) is 0 Å². The Hall–Kier alpha value is -2.04. The van der Waals surface area contributed by atoms with Crippen LogP contribution in [0.2, 0.25) is 0 Å². The molecule has 120 valence electrons. The number of ether oxygens (including phenoxy) is 1. The van der Waals surface area contributed by atoms with Crippen LogP contribution in [0.5, 0.6) is 5.75 Å². The Bertz CT molecular complexity index is 555. The van der Waals surface area contributed by atoms with E-state index in [4.69, 9.17) is 4.74 Å². The van der Waals surface area contributed by atoms with Crippen molar-refractivity contribution in [1.29, 1.82) is 0 Å². The van der Waals surface area contributed by atoms with E-state index in [0.717, 1.165) is 17.0 Å². The highest BCUT2D eigenvalue weighted by molar-refractivity contribution is 5.97. The molecule has 0 spiro atoms. The van der Waals surface area contributed by atoms with Crippen LogP contribution in [-0.4, -0.2) is 31.5 Å². The molecule has 0 saturated heterocycles. The van der Waals surface area contributed by atoms with Crippen LogP contribution in [0, 0.1) is 12.8 Å². The van der Waals surface area contributed by atoms with Crippen molar-refractivity contribution in [1.82, 2.24) is 5.32 Å². The maximum Gasteiger partial charge on any atom is 0.265 e. The highest BCUT2D eigenvalue weighted by Gasteiger charge is 2.25. The minimum Gasteiger partial charge on any atom is -0.482 e. The molecule has 0 atom stereocenters. The van der Waals surface area contributed by atoms with E-state index in [-0.39, 0.29) is 18.4 Å². The van der Waals surface area contributed by atoms with Crippen LogP contribution in [0.4, 0.5) is 5.69 Å². The summed E-state index contributed by atoms with van der Waals surface area (Å²) in [5.74, 6) is 1.16. The van der Waals surface area contributed by atoms with Gasteiger partial charge in [-0.05, 0) is 37.0 Å². The van der Waals surface area contributed by atoms with Gasteiger partial charge in [-0.1, -0.05) is 19.9 Å². The molecular weight excluding hydrogens is 280 g/mol. The predicted octanol–water partition coefficient (Wildman–Crippen LogP) is 2.27. The maximum atomic E-state index is 12.1. The number of fused-ring (bicyclic) bond motifs is 1. The predicted molar refractivity (Wildman–Crippen MR) is 86.1 cm³/mol. The molecule has 22 heavy (non-hydrogen) atoms. The molecular formula is C17H24N2O3. The van der Waals surface area contributed by atoms with Crippen molar-refractivity contribution in [2.24, 2.45) is 5.92 Å². The topological polar surface area (TPSA) is 58.6 Å². The lowest BCUT2D eigenvalue weighted by molar-refractivity contribution is -0.122. The first-order valence-electron chi connectivity index (χ1n) is 7.78. The monoisotopic (exact) mass is 304 g/mol. The second-order valence-corrected chi connectivity index (χ2v) is 6.11. The molecule has 1 aromatic rings. The van der Waals surface area contributed by atoms with Crippen LogP contribution in [0.25, 0.3) is 0 Å². The first-order chi connectivity index (χ1) is 10.5. The summed E-state index contributed by atoms with van der Waals surface area (Å²) in [7, 11) is 0. The molecule has 1 aliphatic rings. The van der Waals surface area contributed by atoms with Gasteiger partial charge in [0.25, 0.3) is 5.91 Å². The molecule has 0 radical (unpaired) electrons. The van der Waals surface area contributed by atoms with E-state index in [2.05, 4.69) is 19.2 Å². The van der Waals surface area contributed by atoms with E-state index in [1.807, 2.05) is 25.1 Å². The maximum absolute atomic E-state index is 12.1. The lowest BCUT2D eigenvalue weighted by atomic mass is 10.1. The number of nitrogens with one attached hydrogen (secondary N) is 1. The van der Waals surface area contributed by atoms with Gasteiger partial charge >= 0.3 is 0 Å². The number of carbonyl (C=O) groups is 2. The van der Waals surface area contributed by atoms with Gasteiger partial charge in [-0.2, -0.15) is 0 Å². The molecule has 0 aromatic heterocycles. The number of carbonyl (C=O) groups excluding carboxylic acids is 2. The average Bonchev–Trinajstić information content (AvgIpc) is 2.47. The van der Waals surface area contributed by atoms with Crippen molar-refractivity contribution in [3.8, 4) is 5.75 Å². The third kappa shape index (κ3) is 4.23. The summed E-state index contributed by atoms with van der Waals surface area (Å²) in [5.41, 5.74) is 1.88. The largest absolute Gasteiger partial charge is 0.482 e. The summed E-state index contributed by atoms with van der Waals surface area (Å²) in [4.78, 5) is 25.5. The lowest BCUT2D eigenvalue weighted by Crippen LogP contribution is -2.40. The van der Waals surface area contributed by atoms with E-state index < -0.39 is 0 Å². The number of hydrogen-bond donors (Lipinski definition) is 1. The SMILES string of the molecule is Cc1ccc2c(c1)N(CCCC(=O)NCC(C)C)C(=O)CO2. The van der Waals surface area contributed by atoms with Crippen molar-refractivity contribution in [3.05, 3.63) is 23.8 Å². The Kier molecular flexibility index (Phi) is 5.41. The second kappa shape index (κ2) is 7.29. The van der Waals surface area contributed by atoms with Crippen molar-refractivity contribution in [2.75, 3.05) is 24.6 Å². The van der Waals surface area contributed by atoms with E-state index in [1.165, 1.54) is 0 Å². The van der Waals surface area contributed by atoms with Gasteiger partial charge in [0.1, 0.15) is 5.75 Å². The third-order valence-corrected chi connectivity index (χ3v) is 3.55. The third-order valence-electron chi connectivity index (χ3n) is 3.55. The number of benzene rings is 1. The zero-order chi connectivity index (χ0) is 16.1. The summed E-state index contributed by atoms with van der Waals surface area (Å²) in [6.45, 7) is 7.40. The number of anilines is 1. The molecule has 1 aromatic carbocycles. The molecule has 5 heteroatoms. The molecule has 0 saturated carbocycles. The standard InChI is InChI=1S/C17H24N2O3/c1-12(2)10-18-16(20)5-4-8-19-14-9-13(3)6-7-15(14)22-11-17(19)21/h6-7,9,12H,4-5,8,10-11H2,1-3H3,(H,18,20). The Morgan fingerprint density at radius 3 is 2.91 bits per heavy atom. The van der Waals surface area contributed by atoms with Crippen LogP contribution in [0.15, 0.2) is 18.2 Å². The normalized spacial score (nSPS) is 13.8. The molecule has 1 heterocycles. The van der Waals surface area contributed by atoms with E-state index in [9.17, 15) is 9.59 Å². The fourth-order valence-corrected chi connectivity index (χ4v) is 2.36. The molecule has 1 aliphatic heterocycles. The first kappa shape index (κ1) is 16.3. The molecule has 1 N–H and O–H groups in total. The smallest absolute Gasteiger partial charge is 0.265 e. The van der Waals surface area contributed by atoms with Crippen molar-refractivity contribution >= 4 is 17.5 Å². The molecule has 0 bridgehead atoms. The lowest BCUT2D eigenvalue weighted by Gasteiger charge is -2.29. The van der Waals surface area contributed by atoms with Crippen LogP contribution in [-0.2, 0) is 9.59 Å². The van der Waals surface area contributed by atoms with Crippen LogP contribution >= 0.6 is 0 Å². The average molecular weight is 304 g/mol. The van der Waals surface area contributed by atoms with Gasteiger partial charge in [0.15, 0.2) is 6.61 Å². The van der Waals surface area contributed by atoms with Gasteiger partial charge in [-0.15, -0.1) is 0 Å². The Morgan fingerprint density at radius 1 is 1.41 bits per heavy atom. The summed E-state index contributed by atoms with van der Waals surface area (Å²) in [5, 5.41) is 2.89. The highest BCUT2D eigenvalue weighted by atomic mass is 16.5. The summed E-state index contributed by atoms with van der Waals surface area (Å²) in [6.07, 6.45) is 1.07. The molecule has 0 aliphatic carbocycles. The summed E-state index contributed by atoms with van der Waals surface area (Å²) in [6, 6.07) is 5.80. The number of hydrogen-bond acceptors (Lipinski definition) is 3. The van der Waals surface area contributed by atoms with Gasteiger partial charge in [-0.25, -0.2) is 0 Å². The quantitative estimate of drug-likeness (QED) is 0.877. The fraction of sp³-hybridized carbons (Fsp3) is 0.529. The zero-order valence-corrected chi connectivity index (χ0v) is 13.5. The summed E-state index contributed by atoms with van der Waals surface area (Å²) < 4.78 is 5.44.